The van der Waals surface area contributed by atoms with Crippen molar-refractivity contribution in [3.63, 3.8) is 0 Å². The lowest BCUT2D eigenvalue weighted by Gasteiger charge is -2.16. The van der Waals surface area contributed by atoms with Crippen LogP contribution in [-0.4, -0.2) is 69.4 Å². The van der Waals surface area contributed by atoms with Crippen LogP contribution in [0.5, 0.6) is 0 Å². The minimum absolute atomic E-state index is 0.409. The Morgan fingerprint density at radius 3 is 1.92 bits per heavy atom. The van der Waals surface area contributed by atoms with Gasteiger partial charge in [0.25, 0.3) is 0 Å². The number of carboxylic acid groups (broad SMARTS) is 3. The monoisotopic (exact) mass is 378 g/mol. The Bertz CT molecular complexity index is 459. The SMILES string of the molecule is CSCC[C@H](N)C(=O)N[C@@H](CC(=O)O)C(=O)O.O=C(O)C(F)(F)F. The van der Waals surface area contributed by atoms with Crippen LogP contribution < -0.4 is 11.1 Å². The zero-order chi connectivity index (χ0) is 19.5. The number of carboxylic acids is 3. The summed E-state index contributed by atoms with van der Waals surface area (Å²) < 4.78 is 31.7. The fourth-order valence-electron chi connectivity index (χ4n) is 1.03. The molecule has 0 aliphatic carbocycles. The minimum Gasteiger partial charge on any atom is -0.481 e. The molecular formula is C11H17F3N2O7S. The van der Waals surface area contributed by atoms with Crippen molar-refractivity contribution in [3.05, 3.63) is 0 Å². The predicted molar refractivity (Wildman–Crippen MR) is 76.5 cm³/mol. The second kappa shape index (κ2) is 11.5. The van der Waals surface area contributed by atoms with E-state index in [1.165, 1.54) is 11.8 Å². The Morgan fingerprint density at radius 2 is 1.62 bits per heavy atom. The number of rotatable bonds is 8. The highest BCUT2D eigenvalue weighted by Crippen LogP contribution is 2.13. The Hall–Kier alpha value is -2.02. The number of nitrogens with two attached hydrogens (primary N) is 1. The van der Waals surface area contributed by atoms with Crippen molar-refractivity contribution < 1.29 is 47.7 Å². The molecular weight excluding hydrogens is 361 g/mol. The summed E-state index contributed by atoms with van der Waals surface area (Å²) in [6.45, 7) is 0. The number of carbonyl (C=O) groups excluding carboxylic acids is 1. The second-order valence-corrected chi connectivity index (χ2v) is 5.17. The Labute approximate surface area is 138 Å². The predicted octanol–water partition coefficient (Wildman–Crippen LogP) is -0.256. The molecule has 0 unspecified atom stereocenters. The average Bonchev–Trinajstić information content (AvgIpc) is 2.42. The summed E-state index contributed by atoms with van der Waals surface area (Å²) in [5.74, 6) is -5.42. The highest BCUT2D eigenvalue weighted by molar-refractivity contribution is 7.98. The van der Waals surface area contributed by atoms with E-state index in [4.69, 9.17) is 25.8 Å². The first-order chi connectivity index (χ1) is 10.8. The van der Waals surface area contributed by atoms with E-state index in [1.54, 1.807) is 0 Å². The van der Waals surface area contributed by atoms with Crippen LogP contribution in [0.25, 0.3) is 0 Å². The first kappa shape index (κ1) is 24.2. The van der Waals surface area contributed by atoms with Crippen LogP contribution in [0.4, 0.5) is 13.2 Å². The van der Waals surface area contributed by atoms with Gasteiger partial charge in [-0.05, 0) is 18.4 Å². The summed E-state index contributed by atoms with van der Waals surface area (Å²) in [6, 6.07) is -2.27. The largest absolute Gasteiger partial charge is 0.490 e. The van der Waals surface area contributed by atoms with Gasteiger partial charge in [-0.2, -0.15) is 24.9 Å². The molecule has 13 heteroatoms. The van der Waals surface area contributed by atoms with Gasteiger partial charge >= 0.3 is 24.1 Å². The van der Waals surface area contributed by atoms with E-state index in [0.29, 0.717) is 12.2 Å². The Balaban J connectivity index is 0. The summed E-state index contributed by atoms with van der Waals surface area (Å²) in [5, 5.41) is 26.4. The van der Waals surface area contributed by atoms with Gasteiger partial charge in [0.05, 0.1) is 12.5 Å². The second-order valence-electron chi connectivity index (χ2n) is 4.19. The van der Waals surface area contributed by atoms with Gasteiger partial charge in [-0.15, -0.1) is 0 Å². The number of aliphatic carboxylic acids is 3. The number of alkyl halides is 3. The molecule has 0 heterocycles. The summed E-state index contributed by atoms with van der Waals surface area (Å²) in [7, 11) is 0. The molecule has 0 fully saturated rings. The highest BCUT2D eigenvalue weighted by Gasteiger charge is 2.38. The van der Waals surface area contributed by atoms with Crippen LogP contribution in [-0.2, 0) is 19.2 Å². The van der Waals surface area contributed by atoms with Gasteiger partial charge in [-0.1, -0.05) is 0 Å². The number of amides is 1. The van der Waals surface area contributed by atoms with E-state index in [1.807, 2.05) is 6.26 Å². The fourth-order valence-corrected chi connectivity index (χ4v) is 1.52. The number of hydrogen-bond donors (Lipinski definition) is 5. The summed E-state index contributed by atoms with van der Waals surface area (Å²) in [4.78, 5) is 41.4. The summed E-state index contributed by atoms with van der Waals surface area (Å²) in [6.07, 6.45) is -3.49. The highest BCUT2D eigenvalue weighted by atomic mass is 32.2. The number of hydrogen-bond acceptors (Lipinski definition) is 6. The molecule has 0 bridgehead atoms. The van der Waals surface area contributed by atoms with E-state index < -0.39 is 48.5 Å². The lowest BCUT2D eigenvalue weighted by Crippen LogP contribution is -2.49. The third kappa shape index (κ3) is 12.5. The average molecular weight is 378 g/mol. The number of nitrogens with one attached hydrogen (secondary N) is 1. The van der Waals surface area contributed by atoms with Crippen molar-refractivity contribution >= 4 is 35.6 Å². The van der Waals surface area contributed by atoms with Crippen LogP contribution in [0.2, 0.25) is 0 Å². The maximum Gasteiger partial charge on any atom is 0.490 e. The van der Waals surface area contributed by atoms with Gasteiger partial charge in [-0.3, -0.25) is 9.59 Å². The molecule has 6 N–H and O–H groups in total. The van der Waals surface area contributed by atoms with Gasteiger partial charge in [0.15, 0.2) is 0 Å². The molecule has 0 saturated heterocycles. The lowest BCUT2D eigenvalue weighted by molar-refractivity contribution is -0.192. The zero-order valence-electron chi connectivity index (χ0n) is 12.4. The van der Waals surface area contributed by atoms with Crippen molar-refractivity contribution in [2.24, 2.45) is 5.73 Å². The van der Waals surface area contributed by atoms with E-state index in [2.05, 4.69) is 5.32 Å². The molecule has 1 amide bonds. The van der Waals surface area contributed by atoms with E-state index in [-0.39, 0.29) is 0 Å². The molecule has 2 atom stereocenters. The van der Waals surface area contributed by atoms with Gasteiger partial charge in [0, 0.05) is 0 Å². The molecule has 0 aliphatic rings. The van der Waals surface area contributed by atoms with Crippen molar-refractivity contribution in [1.82, 2.24) is 5.32 Å². The van der Waals surface area contributed by atoms with Crippen molar-refractivity contribution in [2.45, 2.75) is 31.1 Å². The number of carbonyl (C=O) groups is 4. The molecule has 0 aromatic heterocycles. The van der Waals surface area contributed by atoms with Crippen LogP contribution in [0, 0.1) is 0 Å². The van der Waals surface area contributed by atoms with Crippen LogP contribution in [0.1, 0.15) is 12.8 Å². The molecule has 0 saturated carbocycles. The molecule has 0 spiro atoms. The molecule has 0 aliphatic heterocycles. The molecule has 0 aromatic carbocycles. The van der Waals surface area contributed by atoms with Crippen molar-refractivity contribution in [3.8, 4) is 0 Å². The third-order valence-corrected chi connectivity index (χ3v) is 2.85. The first-order valence-corrected chi connectivity index (χ1v) is 7.51. The van der Waals surface area contributed by atoms with Gasteiger partial charge in [0.2, 0.25) is 5.91 Å². The Morgan fingerprint density at radius 1 is 1.17 bits per heavy atom. The number of thioether (sulfide) groups is 1. The standard InChI is InChI=1S/C9H16N2O5S.C2HF3O2/c1-17-3-2-5(10)8(14)11-6(9(15)16)4-7(12)13;3-2(4,5)1(6)7/h5-6H,2-4,10H2,1H3,(H,11,14)(H,12,13)(H,15,16);(H,6,7)/t5-,6-;/m0./s1. The molecule has 0 aromatic rings. The molecule has 9 nitrogen and oxygen atoms in total. The smallest absolute Gasteiger partial charge is 0.481 e. The topological polar surface area (TPSA) is 167 Å². The maximum absolute atomic E-state index is 11.4. The quantitative estimate of drug-likeness (QED) is 0.382. The van der Waals surface area contributed by atoms with Crippen LogP contribution >= 0.6 is 11.8 Å². The van der Waals surface area contributed by atoms with E-state index in [9.17, 15) is 27.6 Å². The van der Waals surface area contributed by atoms with E-state index in [0.717, 1.165) is 0 Å². The number of halogens is 3. The van der Waals surface area contributed by atoms with Gasteiger partial charge in [0.1, 0.15) is 6.04 Å². The molecule has 140 valence electrons. The van der Waals surface area contributed by atoms with Gasteiger partial charge < -0.3 is 26.4 Å². The van der Waals surface area contributed by atoms with Crippen molar-refractivity contribution in [1.29, 1.82) is 0 Å². The normalized spacial score (nSPS) is 13.0. The maximum atomic E-state index is 11.4. The minimum atomic E-state index is -5.08. The summed E-state index contributed by atoms with van der Waals surface area (Å²) >= 11 is 1.51. The molecule has 0 rings (SSSR count). The van der Waals surface area contributed by atoms with Gasteiger partial charge in [-0.25, -0.2) is 9.59 Å². The molecule has 24 heavy (non-hydrogen) atoms. The third-order valence-electron chi connectivity index (χ3n) is 2.21. The fraction of sp³-hybridized carbons (Fsp3) is 0.636. The van der Waals surface area contributed by atoms with Crippen molar-refractivity contribution in [2.75, 3.05) is 12.0 Å². The van der Waals surface area contributed by atoms with E-state index >= 15 is 0 Å². The van der Waals surface area contributed by atoms with Crippen LogP contribution in [0.15, 0.2) is 0 Å². The molecule has 0 radical (unpaired) electrons. The Kier molecular flexibility index (Phi) is 11.6. The lowest BCUT2D eigenvalue weighted by atomic mass is 10.1. The zero-order valence-corrected chi connectivity index (χ0v) is 13.2. The first-order valence-electron chi connectivity index (χ1n) is 6.12. The summed E-state index contributed by atoms with van der Waals surface area (Å²) in [5.41, 5.74) is 5.52. The van der Waals surface area contributed by atoms with Crippen LogP contribution in [0.3, 0.4) is 0 Å².